The van der Waals surface area contributed by atoms with Crippen LogP contribution in [0.25, 0.3) is 0 Å². The molecule has 0 rings (SSSR count). The van der Waals surface area contributed by atoms with Crippen molar-refractivity contribution in [2.75, 3.05) is 19.8 Å². The lowest BCUT2D eigenvalue weighted by molar-refractivity contribution is -0.151. The first-order valence-corrected chi connectivity index (χ1v) is 7.34. The van der Waals surface area contributed by atoms with Crippen molar-refractivity contribution in [3.8, 4) is 0 Å². The summed E-state index contributed by atoms with van der Waals surface area (Å²) >= 11 is 0. The minimum atomic E-state index is -0.535. The van der Waals surface area contributed by atoms with Gasteiger partial charge in [-0.05, 0) is 34.1 Å². The monoisotopic (exact) mass is 301 g/mol. The van der Waals surface area contributed by atoms with Crippen LogP contribution in [0.4, 0.5) is 0 Å². The Morgan fingerprint density at radius 3 is 2.10 bits per heavy atom. The normalized spacial score (nSPS) is 10.9. The molecule has 6 nitrogen and oxygen atoms in total. The number of carbonyl (C=O) groups is 3. The summed E-state index contributed by atoms with van der Waals surface area (Å²) in [7, 11) is 0. The van der Waals surface area contributed by atoms with E-state index in [2.05, 4.69) is 0 Å². The minimum Gasteiger partial charge on any atom is -0.466 e. The third-order valence-electron chi connectivity index (χ3n) is 2.72. The number of esters is 2. The number of rotatable bonds is 8. The van der Waals surface area contributed by atoms with E-state index in [4.69, 9.17) is 9.47 Å². The van der Waals surface area contributed by atoms with E-state index >= 15 is 0 Å². The van der Waals surface area contributed by atoms with Crippen LogP contribution in [0, 0.1) is 0 Å². The van der Waals surface area contributed by atoms with Gasteiger partial charge in [0, 0.05) is 12.1 Å². The fourth-order valence-corrected chi connectivity index (χ4v) is 1.76. The van der Waals surface area contributed by atoms with E-state index in [1.807, 2.05) is 27.7 Å². The van der Waals surface area contributed by atoms with Gasteiger partial charge in [0.15, 0.2) is 0 Å². The molecule has 21 heavy (non-hydrogen) atoms. The molecule has 0 N–H and O–H groups in total. The molecule has 0 aliphatic rings. The van der Waals surface area contributed by atoms with Gasteiger partial charge in [-0.3, -0.25) is 14.4 Å². The van der Waals surface area contributed by atoms with E-state index in [-0.39, 0.29) is 31.3 Å². The Kier molecular flexibility index (Phi) is 8.66. The molecular formula is C15H27NO5. The third kappa shape index (κ3) is 8.32. The highest BCUT2D eigenvalue weighted by molar-refractivity contribution is 5.94. The SMILES string of the molecule is CCCOC(=O)CC(=O)N(CCC(=O)OCC)C(C)(C)C. The van der Waals surface area contributed by atoms with Crippen molar-refractivity contribution in [3.05, 3.63) is 0 Å². The van der Waals surface area contributed by atoms with E-state index < -0.39 is 11.5 Å². The molecule has 0 aliphatic carbocycles. The summed E-state index contributed by atoms with van der Waals surface area (Å²) in [6, 6.07) is 0. The van der Waals surface area contributed by atoms with Crippen LogP contribution < -0.4 is 0 Å². The minimum absolute atomic E-state index is 0.112. The van der Waals surface area contributed by atoms with Crippen molar-refractivity contribution in [2.45, 2.75) is 59.4 Å². The Hall–Kier alpha value is -1.59. The van der Waals surface area contributed by atoms with Crippen LogP contribution in [0.3, 0.4) is 0 Å². The first-order chi connectivity index (χ1) is 9.72. The predicted molar refractivity (Wildman–Crippen MR) is 78.6 cm³/mol. The van der Waals surface area contributed by atoms with Crippen LogP contribution in [-0.2, 0) is 23.9 Å². The number of hydrogen-bond acceptors (Lipinski definition) is 5. The smallest absolute Gasteiger partial charge is 0.315 e. The molecule has 0 fully saturated rings. The third-order valence-corrected chi connectivity index (χ3v) is 2.72. The molecule has 0 radical (unpaired) electrons. The Bertz CT molecular complexity index is 360. The molecule has 0 aromatic carbocycles. The largest absolute Gasteiger partial charge is 0.466 e. The maximum absolute atomic E-state index is 12.2. The van der Waals surface area contributed by atoms with Crippen LogP contribution in [0.5, 0.6) is 0 Å². The van der Waals surface area contributed by atoms with Gasteiger partial charge in [-0.2, -0.15) is 0 Å². The number of ether oxygens (including phenoxy) is 2. The van der Waals surface area contributed by atoms with Gasteiger partial charge < -0.3 is 14.4 Å². The molecule has 0 aromatic heterocycles. The number of amides is 1. The van der Waals surface area contributed by atoms with Crippen LogP contribution >= 0.6 is 0 Å². The Balaban J connectivity index is 4.57. The van der Waals surface area contributed by atoms with Gasteiger partial charge in [-0.25, -0.2) is 0 Å². The first kappa shape index (κ1) is 19.4. The van der Waals surface area contributed by atoms with Crippen LogP contribution in [0.15, 0.2) is 0 Å². The van der Waals surface area contributed by atoms with E-state index in [1.165, 1.54) is 4.90 Å². The van der Waals surface area contributed by atoms with Gasteiger partial charge >= 0.3 is 11.9 Å². The van der Waals surface area contributed by atoms with Crippen molar-refractivity contribution < 1.29 is 23.9 Å². The second-order valence-corrected chi connectivity index (χ2v) is 5.67. The lowest BCUT2D eigenvalue weighted by Gasteiger charge is -2.35. The molecule has 0 heterocycles. The van der Waals surface area contributed by atoms with Gasteiger partial charge in [-0.1, -0.05) is 6.92 Å². The van der Waals surface area contributed by atoms with Crippen LogP contribution in [-0.4, -0.2) is 48.0 Å². The average Bonchev–Trinajstić information content (AvgIpc) is 2.35. The van der Waals surface area contributed by atoms with Crippen molar-refractivity contribution in [3.63, 3.8) is 0 Å². The topological polar surface area (TPSA) is 72.9 Å². The zero-order chi connectivity index (χ0) is 16.5. The maximum atomic E-state index is 12.2. The fraction of sp³-hybridized carbons (Fsp3) is 0.800. The molecule has 0 saturated heterocycles. The summed E-state index contributed by atoms with van der Waals surface area (Å²) in [5.74, 6) is -1.23. The van der Waals surface area contributed by atoms with Crippen molar-refractivity contribution in [1.82, 2.24) is 4.90 Å². The standard InChI is InChI=1S/C15H27NO5/c1-6-10-21-14(19)11-12(17)16(15(3,4)5)9-8-13(18)20-7-2/h6-11H2,1-5H3. The molecule has 0 unspecified atom stereocenters. The summed E-state index contributed by atoms with van der Waals surface area (Å²) in [6.45, 7) is 10.0. The van der Waals surface area contributed by atoms with Gasteiger partial charge in [-0.15, -0.1) is 0 Å². The van der Waals surface area contributed by atoms with Crippen LogP contribution in [0.1, 0.15) is 53.9 Å². The number of carbonyl (C=O) groups excluding carboxylic acids is 3. The van der Waals surface area contributed by atoms with Crippen molar-refractivity contribution in [1.29, 1.82) is 0 Å². The van der Waals surface area contributed by atoms with Gasteiger partial charge in [0.2, 0.25) is 5.91 Å². The van der Waals surface area contributed by atoms with Crippen molar-refractivity contribution >= 4 is 17.8 Å². The predicted octanol–water partition coefficient (Wildman–Crippen LogP) is 1.91. The fourth-order valence-electron chi connectivity index (χ4n) is 1.76. The zero-order valence-electron chi connectivity index (χ0n) is 13.7. The average molecular weight is 301 g/mol. The highest BCUT2D eigenvalue weighted by Gasteiger charge is 2.28. The lowest BCUT2D eigenvalue weighted by atomic mass is 10.0. The van der Waals surface area contributed by atoms with Crippen LogP contribution in [0.2, 0.25) is 0 Å². The number of nitrogens with zero attached hydrogens (tertiary/aromatic N) is 1. The van der Waals surface area contributed by atoms with E-state index in [1.54, 1.807) is 6.92 Å². The van der Waals surface area contributed by atoms with Crippen molar-refractivity contribution in [2.24, 2.45) is 0 Å². The Morgan fingerprint density at radius 1 is 1.00 bits per heavy atom. The highest BCUT2D eigenvalue weighted by Crippen LogP contribution is 2.16. The van der Waals surface area contributed by atoms with Gasteiger partial charge in [0.05, 0.1) is 19.6 Å². The maximum Gasteiger partial charge on any atom is 0.315 e. The highest BCUT2D eigenvalue weighted by atomic mass is 16.5. The van der Waals surface area contributed by atoms with Gasteiger partial charge in [0.1, 0.15) is 6.42 Å². The van der Waals surface area contributed by atoms with E-state index in [0.29, 0.717) is 19.6 Å². The second-order valence-electron chi connectivity index (χ2n) is 5.67. The Morgan fingerprint density at radius 2 is 1.62 bits per heavy atom. The molecule has 0 saturated carbocycles. The zero-order valence-corrected chi connectivity index (χ0v) is 13.7. The summed E-state index contributed by atoms with van der Waals surface area (Å²) in [6.07, 6.45) is 0.521. The Labute approximate surface area is 126 Å². The summed E-state index contributed by atoms with van der Waals surface area (Å²) < 4.78 is 9.76. The summed E-state index contributed by atoms with van der Waals surface area (Å²) in [4.78, 5) is 36.6. The van der Waals surface area contributed by atoms with Gasteiger partial charge in [0.25, 0.3) is 0 Å². The first-order valence-electron chi connectivity index (χ1n) is 7.34. The molecule has 0 aliphatic heterocycles. The second kappa shape index (κ2) is 9.37. The molecule has 6 heteroatoms. The molecule has 122 valence electrons. The van der Waals surface area contributed by atoms with E-state index in [9.17, 15) is 14.4 Å². The molecule has 0 spiro atoms. The lowest BCUT2D eigenvalue weighted by Crippen LogP contribution is -2.47. The molecule has 0 bridgehead atoms. The molecular weight excluding hydrogens is 274 g/mol. The van der Waals surface area contributed by atoms with E-state index in [0.717, 1.165) is 0 Å². The summed E-state index contributed by atoms with van der Waals surface area (Å²) in [5.41, 5.74) is -0.478. The molecule has 1 amide bonds. The summed E-state index contributed by atoms with van der Waals surface area (Å²) in [5, 5.41) is 0. The number of hydrogen-bond donors (Lipinski definition) is 0. The molecule has 0 aromatic rings. The molecule has 0 atom stereocenters. The quantitative estimate of drug-likeness (QED) is 0.506.